The van der Waals surface area contributed by atoms with Gasteiger partial charge < -0.3 is 10.3 Å². The van der Waals surface area contributed by atoms with Crippen molar-refractivity contribution < 1.29 is 0 Å². The third-order valence-electron chi connectivity index (χ3n) is 2.98. The highest BCUT2D eigenvalue weighted by atomic mass is 32.2. The van der Waals surface area contributed by atoms with Crippen molar-refractivity contribution in [2.45, 2.75) is 26.4 Å². The molecular formula is C14H20N2S. The van der Waals surface area contributed by atoms with E-state index in [1.807, 2.05) is 11.8 Å². The fourth-order valence-corrected chi connectivity index (χ4v) is 2.77. The summed E-state index contributed by atoms with van der Waals surface area (Å²) in [6, 6.07) is 8.52. The SMILES string of the molecule is CCSCCCn1cc(CN)c2ccccc21. The van der Waals surface area contributed by atoms with Crippen LogP contribution in [-0.2, 0) is 13.1 Å². The minimum absolute atomic E-state index is 0.622. The maximum Gasteiger partial charge on any atom is 0.0483 e. The maximum absolute atomic E-state index is 5.79. The summed E-state index contributed by atoms with van der Waals surface area (Å²) >= 11 is 2.01. The molecule has 1 aromatic heterocycles. The predicted molar refractivity (Wildman–Crippen MR) is 77.4 cm³/mol. The molecule has 1 aromatic carbocycles. The van der Waals surface area contributed by atoms with Gasteiger partial charge in [-0.2, -0.15) is 11.8 Å². The first-order valence-corrected chi connectivity index (χ1v) is 7.37. The number of hydrogen-bond acceptors (Lipinski definition) is 2. The van der Waals surface area contributed by atoms with Crippen molar-refractivity contribution in [1.82, 2.24) is 4.57 Å². The highest BCUT2D eigenvalue weighted by Crippen LogP contribution is 2.21. The number of benzene rings is 1. The molecule has 2 rings (SSSR count). The lowest BCUT2D eigenvalue weighted by atomic mass is 10.2. The van der Waals surface area contributed by atoms with E-state index in [4.69, 9.17) is 5.73 Å². The van der Waals surface area contributed by atoms with E-state index < -0.39 is 0 Å². The molecule has 17 heavy (non-hydrogen) atoms. The van der Waals surface area contributed by atoms with Gasteiger partial charge in [0, 0.05) is 30.2 Å². The Bertz CT molecular complexity index is 476. The molecule has 0 atom stereocenters. The van der Waals surface area contributed by atoms with Gasteiger partial charge in [-0.25, -0.2) is 0 Å². The van der Waals surface area contributed by atoms with Gasteiger partial charge in [0.2, 0.25) is 0 Å². The van der Waals surface area contributed by atoms with Crippen molar-refractivity contribution >= 4 is 22.7 Å². The first-order valence-electron chi connectivity index (χ1n) is 6.21. The molecule has 3 heteroatoms. The number of rotatable bonds is 6. The van der Waals surface area contributed by atoms with Gasteiger partial charge >= 0.3 is 0 Å². The van der Waals surface area contributed by atoms with Gasteiger partial charge in [0.05, 0.1) is 0 Å². The van der Waals surface area contributed by atoms with Gasteiger partial charge in [0.1, 0.15) is 0 Å². The third kappa shape index (κ3) is 2.85. The maximum atomic E-state index is 5.79. The fourth-order valence-electron chi connectivity index (χ4n) is 2.15. The summed E-state index contributed by atoms with van der Waals surface area (Å²) in [4.78, 5) is 0. The number of aryl methyl sites for hydroxylation is 1. The van der Waals surface area contributed by atoms with Gasteiger partial charge in [-0.1, -0.05) is 25.1 Å². The van der Waals surface area contributed by atoms with E-state index in [1.54, 1.807) is 0 Å². The summed E-state index contributed by atoms with van der Waals surface area (Å²) < 4.78 is 2.34. The molecular weight excluding hydrogens is 228 g/mol. The molecule has 0 saturated carbocycles. The summed E-state index contributed by atoms with van der Waals surface area (Å²) in [5.41, 5.74) is 8.36. The zero-order valence-electron chi connectivity index (χ0n) is 10.4. The van der Waals surface area contributed by atoms with E-state index in [1.165, 1.54) is 34.4 Å². The minimum atomic E-state index is 0.622. The van der Waals surface area contributed by atoms with Crippen molar-refractivity contribution in [2.75, 3.05) is 11.5 Å². The van der Waals surface area contributed by atoms with Crippen molar-refractivity contribution in [3.8, 4) is 0 Å². The standard InChI is InChI=1S/C14H20N2S/c1-2-17-9-5-8-16-11-12(10-15)13-6-3-4-7-14(13)16/h3-4,6-7,11H,2,5,8-10,15H2,1H3. The molecule has 0 bridgehead atoms. The smallest absolute Gasteiger partial charge is 0.0483 e. The van der Waals surface area contributed by atoms with Gasteiger partial charge in [-0.15, -0.1) is 0 Å². The summed E-state index contributed by atoms with van der Waals surface area (Å²) in [7, 11) is 0. The number of para-hydroxylation sites is 1. The second-order valence-corrected chi connectivity index (χ2v) is 5.51. The molecule has 2 aromatic rings. The average molecular weight is 248 g/mol. The molecule has 92 valence electrons. The molecule has 0 aliphatic rings. The Morgan fingerprint density at radius 2 is 2.12 bits per heavy atom. The highest BCUT2D eigenvalue weighted by molar-refractivity contribution is 7.99. The number of hydrogen-bond donors (Lipinski definition) is 1. The van der Waals surface area contributed by atoms with Crippen molar-refractivity contribution in [3.05, 3.63) is 36.0 Å². The summed E-state index contributed by atoms with van der Waals surface area (Å²) in [6.07, 6.45) is 3.43. The van der Waals surface area contributed by atoms with E-state index in [9.17, 15) is 0 Å². The highest BCUT2D eigenvalue weighted by Gasteiger charge is 2.05. The lowest BCUT2D eigenvalue weighted by Gasteiger charge is -2.04. The first-order chi connectivity index (χ1) is 8.36. The largest absolute Gasteiger partial charge is 0.347 e. The Kier molecular flexibility index (Phi) is 4.51. The molecule has 0 unspecified atom stereocenters. The molecule has 0 spiro atoms. The van der Waals surface area contributed by atoms with Gasteiger partial charge in [0.25, 0.3) is 0 Å². The van der Waals surface area contributed by atoms with Crippen LogP contribution >= 0.6 is 11.8 Å². The quantitative estimate of drug-likeness (QED) is 0.796. The van der Waals surface area contributed by atoms with Gasteiger partial charge in [-0.05, 0) is 29.6 Å². The van der Waals surface area contributed by atoms with Crippen LogP contribution in [0, 0.1) is 0 Å². The van der Waals surface area contributed by atoms with Crippen molar-refractivity contribution in [1.29, 1.82) is 0 Å². The van der Waals surface area contributed by atoms with Crippen molar-refractivity contribution in [3.63, 3.8) is 0 Å². The zero-order valence-corrected chi connectivity index (χ0v) is 11.2. The van der Waals surface area contributed by atoms with E-state index in [2.05, 4.69) is 42.0 Å². The second kappa shape index (κ2) is 6.12. The Morgan fingerprint density at radius 1 is 1.29 bits per heavy atom. The van der Waals surface area contributed by atoms with Gasteiger partial charge in [-0.3, -0.25) is 0 Å². The summed E-state index contributed by atoms with van der Waals surface area (Å²) in [5, 5.41) is 1.30. The number of fused-ring (bicyclic) bond motifs is 1. The Labute approximate surface area is 107 Å². The van der Waals surface area contributed by atoms with Crippen molar-refractivity contribution in [2.24, 2.45) is 5.73 Å². The molecule has 0 amide bonds. The summed E-state index contributed by atoms with van der Waals surface area (Å²) in [6.45, 7) is 3.92. The second-order valence-electron chi connectivity index (χ2n) is 4.12. The van der Waals surface area contributed by atoms with E-state index in [-0.39, 0.29) is 0 Å². The third-order valence-corrected chi connectivity index (χ3v) is 3.97. The Hall–Kier alpha value is -0.930. The fraction of sp³-hybridized carbons (Fsp3) is 0.429. The Morgan fingerprint density at radius 3 is 2.88 bits per heavy atom. The molecule has 0 saturated heterocycles. The lowest BCUT2D eigenvalue weighted by molar-refractivity contribution is 0.706. The monoisotopic (exact) mass is 248 g/mol. The van der Waals surface area contributed by atoms with Crippen LogP contribution in [-0.4, -0.2) is 16.1 Å². The molecule has 0 fully saturated rings. The molecule has 0 aliphatic heterocycles. The van der Waals surface area contributed by atoms with Crippen LogP contribution in [0.3, 0.4) is 0 Å². The summed E-state index contributed by atoms with van der Waals surface area (Å²) in [5.74, 6) is 2.45. The number of thioether (sulfide) groups is 1. The molecule has 1 heterocycles. The van der Waals surface area contributed by atoms with Crippen LogP contribution in [0.5, 0.6) is 0 Å². The number of nitrogens with two attached hydrogens (primary N) is 1. The predicted octanol–water partition coefficient (Wildman–Crippen LogP) is 3.24. The number of aromatic nitrogens is 1. The van der Waals surface area contributed by atoms with Crippen LogP contribution < -0.4 is 5.73 Å². The molecule has 0 radical (unpaired) electrons. The molecule has 2 N–H and O–H groups in total. The van der Waals surface area contributed by atoms with Crippen LogP contribution in [0.25, 0.3) is 10.9 Å². The Balaban J connectivity index is 2.16. The van der Waals surface area contributed by atoms with E-state index in [0.29, 0.717) is 6.54 Å². The first kappa shape index (κ1) is 12.5. The normalized spacial score (nSPS) is 11.2. The van der Waals surface area contributed by atoms with Crippen LogP contribution in [0.1, 0.15) is 18.9 Å². The lowest BCUT2D eigenvalue weighted by Crippen LogP contribution is -1.98. The zero-order chi connectivity index (χ0) is 12.1. The molecule has 2 nitrogen and oxygen atoms in total. The topological polar surface area (TPSA) is 30.9 Å². The van der Waals surface area contributed by atoms with E-state index >= 15 is 0 Å². The van der Waals surface area contributed by atoms with Crippen LogP contribution in [0.4, 0.5) is 0 Å². The minimum Gasteiger partial charge on any atom is -0.347 e. The van der Waals surface area contributed by atoms with Gasteiger partial charge in [0.15, 0.2) is 0 Å². The van der Waals surface area contributed by atoms with Crippen LogP contribution in [0.2, 0.25) is 0 Å². The average Bonchev–Trinajstić information content (AvgIpc) is 2.73. The molecule has 0 aliphatic carbocycles. The van der Waals surface area contributed by atoms with E-state index in [0.717, 1.165) is 6.54 Å². The van der Waals surface area contributed by atoms with Crippen LogP contribution in [0.15, 0.2) is 30.5 Å². The number of nitrogens with zero attached hydrogens (tertiary/aromatic N) is 1.